The van der Waals surface area contributed by atoms with Gasteiger partial charge < -0.3 is 13.9 Å². The Balaban J connectivity index is 1.15. The van der Waals surface area contributed by atoms with E-state index in [1.54, 1.807) is 0 Å². The zero-order valence-corrected chi connectivity index (χ0v) is 28.8. The SMILES string of the molecule is c1ccc(-n2c3ccccc3c3cccc(-c4ccc(N(c5cccc6c5ccc5ccccc56)c5cccc6oc7ccccc7c56)cc4)c32)cc1. The van der Waals surface area contributed by atoms with Crippen molar-refractivity contribution >= 4 is 82.4 Å². The van der Waals surface area contributed by atoms with Gasteiger partial charge in [-0.05, 0) is 76.3 Å². The molecule has 0 aliphatic carbocycles. The summed E-state index contributed by atoms with van der Waals surface area (Å²) >= 11 is 0. The van der Waals surface area contributed by atoms with E-state index in [1.807, 2.05) is 6.07 Å². The van der Waals surface area contributed by atoms with Crippen LogP contribution in [0.25, 0.3) is 82.1 Å². The minimum absolute atomic E-state index is 0.872. The van der Waals surface area contributed by atoms with E-state index < -0.39 is 0 Å². The molecule has 3 heteroatoms. The normalized spacial score (nSPS) is 11.8. The fourth-order valence-corrected chi connectivity index (χ4v) is 8.46. The predicted molar refractivity (Wildman–Crippen MR) is 223 cm³/mol. The molecule has 248 valence electrons. The lowest BCUT2D eigenvalue weighted by molar-refractivity contribution is 0.669. The van der Waals surface area contributed by atoms with Gasteiger partial charge in [-0.25, -0.2) is 0 Å². The van der Waals surface area contributed by atoms with Crippen molar-refractivity contribution in [1.82, 2.24) is 4.57 Å². The van der Waals surface area contributed by atoms with Crippen LogP contribution in [0.5, 0.6) is 0 Å². The summed E-state index contributed by atoms with van der Waals surface area (Å²) < 4.78 is 8.83. The van der Waals surface area contributed by atoms with E-state index in [4.69, 9.17) is 4.42 Å². The number of benzene rings is 9. The number of rotatable bonds is 5. The number of fused-ring (bicyclic) bond motifs is 9. The fourth-order valence-electron chi connectivity index (χ4n) is 8.46. The molecule has 0 unspecified atom stereocenters. The second-order valence-corrected chi connectivity index (χ2v) is 13.7. The molecular formula is C50H32N2O. The molecule has 0 aliphatic rings. The van der Waals surface area contributed by atoms with Crippen LogP contribution in [-0.2, 0) is 0 Å². The Morgan fingerprint density at radius 1 is 0.396 bits per heavy atom. The topological polar surface area (TPSA) is 21.3 Å². The van der Waals surface area contributed by atoms with Crippen LogP contribution in [0.3, 0.4) is 0 Å². The summed E-state index contributed by atoms with van der Waals surface area (Å²) in [6, 6.07) is 69.7. The van der Waals surface area contributed by atoms with Crippen molar-refractivity contribution in [3.63, 3.8) is 0 Å². The highest BCUT2D eigenvalue weighted by Crippen LogP contribution is 2.46. The van der Waals surface area contributed by atoms with Gasteiger partial charge in [0.2, 0.25) is 0 Å². The second kappa shape index (κ2) is 11.7. The van der Waals surface area contributed by atoms with Crippen LogP contribution in [0.2, 0.25) is 0 Å². The smallest absolute Gasteiger partial charge is 0.137 e. The van der Waals surface area contributed by atoms with Gasteiger partial charge in [0, 0.05) is 38.5 Å². The van der Waals surface area contributed by atoms with E-state index in [-0.39, 0.29) is 0 Å². The maximum Gasteiger partial charge on any atom is 0.137 e. The zero-order valence-electron chi connectivity index (χ0n) is 28.8. The Morgan fingerprint density at radius 2 is 1.06 bits per heavy atom. The molecule has 11 rings (SSSR count). The van der Waals surface area contributed by atoms with E-state index in [1.165, 1.54) is 48.9 Å². The molecule has 2 heterocycles. The number of hydrogen-bond acceptors (Lipinski definition) is 2. The molecule has 9 aromatic carbocycles. The van der Waals surface area contributed by atoms with Gasteiger partial charge in [0.15, 0.2) is 0 Å². The van der Waals surface area contributed by atoms with Crippen molar-refractivity contribution in [3.8, 4) is 16.8 Å². The average molecular weight is 677 g/mol. The molecule has 11 aromatic rings. The first-order valence-corrected chi connectivity index (χ1v) is 18.1. The summed E-state index contributed by atoms with van der Waals surface area (Å²) in [6.07, 6.45) is 0. The van der Waals surface area contributed by atoms with E-state index in [0.717, 1.165) is 50.3 Å². The van der Waals surface area contributed by atoms with Crippen molar-refractivity contribution in [2.45, 2.75) is 0 Å². The number of para-hydroxylation sites is 4. The number of hydrogen-bond donors (Lipinski definition) is 0. The maximum absolute atomic E-state index is 6.42. The highest BCUT2D eigenvalue weighted by Gasteiger charge is 2.22. The minimum atomic E-state index is 0.872. The molecule has 0 radical (unpaired) electrons. The summed E-state index contributed by atoms with van der Waals surface area (Å²) in [4.78, 5) is 2.41. The molecule has 2 aromatic heterocycles. The van der Waals surface area contributed by atoms with Gasteiger partial charge in [0.05, 0.1) is 27.8 Å². The third-order valence-corrected chi connectivity index (χ3v) is 10.8. The van der Waals surface area contributed by atoms with E-state index in [2.05, 4.69) is 198 Å². The van der Waals surface area contributed by atoms with Gasteiger partial charge in [0.25, 0.3) is 0 Å². The Bertz CT molecular complexity index is 3170. The van der Waals surface area contributed by atoms with Gasteiger partial charge in [0.1, 0.15) is 11.2 Å². The molecule has 3 nitrogen and oxygen atoms in total. The quantitative estimate of drug-likeness (QED) is 0.169. The molecule has 0 saturated carbocycles. The summed E-state index contributed by atoms with van der Waals surface area (Å²) in [5, 5.41) is 9.60. The Kier molecular flexibility index (Phi) is 6.55. The monoisotopic (exact) mass is 676 g/mol. The summed E-state index contributed by atoms with van der Waals surface area (Å²) in [7, 11) is 0. The number of aromatic nitrogens is 1. The average Bonchev–Trinajstić information content (AvgIpc) is 3.78. The van der Waals surface area contributed by atoms with Gasteiger partial charge in [-0.1, -0.05) is 140 Å². The van der Waals surface area contributed by atoms with Gasteiger partial charge >= 0.3 is 0 Å². The molecule has 0 atom stereocenters. The molecule has 0 fully saturated rings. The number of anilines is 3. The second-order valence-electron chi connectivity index (χ2n) is 13.7. The van der Waals surface area contributed by atoms with Crippen LogP contribution in [0.15, 0.2) is 199 Å². The van der Waals surface area contributed by atoms with Crippen LogP contribution in [0, 0.1) is 0 Å². The van der Waals surface area contributed by atoms with Crippen LogP contribution in [0.1, 0.15) is 0 Å². The van der Waals surface area contributed by atoms with E-state index >= 15 is 0 Å². The summed E-state index contributed by atoms with van der Waals surface area (Å²) in [5.74, 6) is 0. The largest absolute Gasteiger partial charge is 0.456 e. The fraction of sp³-hybridized carbons (Fsp3) is 0. The minimum Gasteiger partial charge on any atom is -0.456 e. The van der Waals surface area contributed by atoms with Gasteiger partial charge in [-0.3, -0.25) is 0 Å². The first-order valence-electron chi connectivity index (χ1n) is 18.1. The Hall–Kier alpha value is -7.10. The van der Waals surface area contributed by atoms with E-state index in [0.29, 0.717) is 0 Å². The van der Waals surface area contributed by atoms with Gasteiger partial charge in [-0.15, -0.1) is 0 Å². The standard InChI is InChI=1S/C50H32N2O/c1-2-14-35(15-3-1)52-45-22-8-6-17-40(45)42-21-10-19-38(50(42)52)34-27-30-36(31-28-34)51(46-24-12-26-48-49(46)43-18-7-9-25-47(43)53-48)44-23-11-20-39-37-16-5-4-13-33(37)29-32-41(39)44/h1-32H. The Morgan fingerprint density at radius 3 is 1.94 bits per heavy atom. The lowest BCUT2D eigenvalue weighted by Gasteiger charge is -2.28. The highest BCUT2D eigenvalue weighted by atomic mass is 16.3. The molecular weight excluding hydrogens is 645 g/mol. The molecule has 0 aliphatic heterocycles. The Labute approximate surface area is 306 Å². The first kappa shape index (κ1) is 29.6. The maximum atomic E-state index is 6.42. The molecule has 53 heavy (non-hydrogen) atoms. The van der Waals surface area contributed by atoms with Crippen LogP contribution in [0.4, 0.5) is 17.1 Å². The molecule has 0 bridgehead atoms. The van der Waals surface area contributed by atoms with Crippen LogP contribution >= 0.6 is 0 Å². The molecule has 0 spiro atoms. The van der Waals surface area contributed by atoms with Gasteiger partial charge in [-0.2, -0.15) is 0 Å². The van der Waals surface area contributed by atoms with Crippen molar-refractivity contribution in [2.75, 3.05) is 4.90 Å². The molecule has 0 saturated heterocycles. The van der Waals surface area contributed by atoms with E-state index in [9.17, 15) is 0 Å². The third-order valence-electron chi connectivity index (χ3n) is 10.8. The van der Waals surface area contributed by atoms with Crippen molar-refractivity contribution in [3.05, 3.63) is 194 Å². The van der Waals surface area contributed by atoms with Crippen LogP contribution in [-0.4, -0.2) is 4.57 Å². The predicted octanol–water partition coefficient (Wildman–Crippen LogP) is 14.1. The molecule has 0 N–H and O–H groups in total. The first-order chi connectivity index (χ1) is 26.3. The zero-order chi connectivity index (χ0) is 34.9. The highest BCUT2D eigenvalue weighted by molar-refractivity contribution is 6.17. The van der Waals surface area contributed by atoms with Crippen molar-refractivity contribution in [1.29, 1.82) is 0 Å². The summed E-state index contributed by atoms with van der Waals surface area (Å²) in [6.45, 7) is 0. The summed E-state index contributed by atoms with van der Waals surface area (Å²) in [5.41, 5.74) is 10.9. The van der Waals surface area contributed by atoms with Crippen LogP contribution < -0.4 is 4.90 Å². The lowest BCUT2D eigenvalue weighted by atomic mass is 9.98. The number of furan rings is 1. The number of nitrogens with zero attached hydrogens (tertiary/aromatic N) is 2. The molecule has 0 amide bonds. The van der Waals surface area contributed by atoms with Crippen molar-refractivity contribution in [2.24, 2.45) is 0 Å². The third kappa shape index (κ3) is 4.54. The van der Waals surface area contributed by atoms with Crippen molar-refractivity contribution < 1.29 is 4.42 Å². The lowest BCUT2D eigenvalue weighted by Crippen LogP contribution is -2.11.